The van der Waals surface area contributed by atoms with Crippen LogP contribution in [0.5, 0.6) is 11.5 Å². The van der Waals surface area contributed by atoms with Crippen molar-refractivity contribution in [2.45, 2.75) is 26.6 Å². The lowest BCUT2D eigenvalue weighted by Gasteiger charge is -2.16. The normalized spacial score (nSPS) is 10.4. The molecule has 1 aromatic carbocycles. The van der Waals surface area contributed by atoms with E-state index in [4.69, 9.17) is 14.6 Å². The number of ether oxygens (including phenoxy) is 2. The van der Waals surface area contributed by atoms with E-state index in [-0.39, 0.29) is 12.7 Å². The first kappa shape index (κ1) is 10.9. The van der Waals surface area contributed by atoms with Crippen molar-refractivity contribution in [3.8, 4) is 11.5 Å². The highest BCUT2D eigenvalue weighted by atomic mass is 16.5. The van der Waals surface area contributed by atoms with Crippen molar-refractivity contribution in [3.63, 3.8) is 0 Å². The van der Waals surface area contributed by atoms with Crippen molar-refractivity contribution < 1.29 is 14.6 Å². The van der Waals surface area contributed by atoms with Gasteiger partial charge in [-0.3, -0.25) is 0 Å². The predicted molar refractivity (Wildman–Crippen MR) is 54.7 cm³/mol. The Morgan fingerprint density at radius 3 is 2.57 bits per heavy atom. The smallest absolute Gasteiger partial charge is 0.167 e. The number of benzene rings is 1. The highest BCUT2D eigenvalue weighted by Crippen LogP contribution is 2.31. The Bertz CT molecular complexity index is 272. The van der Waals surface area contributed by atoms with E-state index < -0.39 is 0 Å². The van der Waals surface area contributed by atoms with Crippen molar-refractivity contribution in [2.75, 3.05) is 7.11 Å². The summed E-state index contributed by atoms with van der Waals surface area (Å²) in [6.07, 6.45) is 0.0663. The van der Waals surface area contributed by atoms with Crippen molar-refractivity contribution in [1.29, 1.82) is 0 Å². The maximum absolute atomic E-state index is 9.12. The molecule has 1 rings (SSSR count). The molecule has 0 bridgehead atoms. The molecular formula is C11H16O3. The van der Waals surface area contributed by atoms with Gasteiger partial charge in [0.1, 0.15) is 0 Å². The van der Waals surface area contributed by atoms with Gasteiger partial charge in [0.2, 0.25) is 0 Å². The summed E-state index contributed by atoms with van der Waals surface area (Å²) in [4.78, 5) is 0. The third-order valence-corrected chi connectivity index (χ3v) is 1.80. The van der Waals surface area contributed by atoms with Crippen LogP contribution in [0.1, 0.15) is 19.4 Å². The number of hydrogen-bond acceptors (Lipinski definition) is 3. The van der Waals surface area contributed by atoms with Crippen molar-refractivity contribution in [1.82, 2.24) is 0 Å². The molecule has 0 saturated carbocycles. The van der Waals surface area contributed by atoms with Crippen LogP contribution in [0.2, 0.25) is 0 Å². The first-order chi connectivity index (χ1) is 6.69. The fourth-order valence-corrected chi connectivity index (χ4v) is 1.22. The molecule has 0 atom stereocenters. The SMILES string of the molecule is COc1cccc(CO)c1OC(C)C. The van der Waals surface area contributed by atoms with Crippen LogP contribution in [0.3, 0.4) is 0 Å². The molecule has 0 unspecified atom stereocenters. The van der Waals surface area contributed by atoms with Crippen molar-refractivity contribution >= 4 is 0 Å². The minimum atomic E-state index is -0.0424. The number of methoxy groups -OCH3 is 1. The highest BCUT2D eigenvalue weighted by molar-refractivity contribution is 5.46. The zero-order chi connectivity index (χ0) is 10.6. The van der Waals surface area contributed by atoms with E-state index in [0.29, 0.717) is 11.5 Å². The molecule has 0 aliphatic carbocycles. The van der Waals surface area contributed by atoms with Crippen LogP contribution in [-0.4, -0.2) is 18.3 Å². The zero-order valence-electron chi connectivity index (χ0n) is 8.78. The largest absolute Gasteiger partial charge is 0.493 e. The molecule has 0 heterocycles. The number of aliphatic hydroxyl groups is 1. The minimum Gasteiger partial charge on any atom is -0.493 e. The third-order valence-electron chi connectivity index (χ3n) is 1.80. The second kappa shape index (κ2) is 4.86. The maximum atomic E-state index is 9.12. The van der Waals surface area contributed by atoms with E-state index in [1.807, 2.05) is 32.0 Å². The first-order valence-corrected chi connectivity index (χ1v) is 4.62. The number of hydrogen-bond donors (Lipinski definition) is 1. The summed E-state index contributed by atoms with van der Waals surface area (Å²) in [5.41, 5.74) is 0.748. The molecule has 3 heteroatoms. The van der Waals surface area contributed by atoms with Gasteiger partial charge in [-0.1, -0.05) is 12.1 Å². The minimum absolute atomic E-state index is 0.0424. The molecule has 0 aromatic heterocycles. The van der Waals surface area contributed by atoms with Crippen LogP contribution in [0, 0.1) is 0 Å². The van der Waals surface area contributed by atoms with Gasteiger partial charge < -0.3 is 14.6 Å². The average Bonchev–Trinajstić information content (AvgIpc) is 2.17. The van der Waals surface area contributed by atoms with Crippen LogP contribution >= 0.6 is 0 Å². The lowest BCUT2D eigenvalue weighted by molar-refractivity contribution is 0.215. The Morgan fingerprint density at radius 1 is 1.36 bits per heavy atom. The van der Waals surface area contributed by atoms with Gasteiger partial charge in [-0.15, -0.1) is 0 Å². The molecule has 78 valence electrons. The number of para-hydroxylation sites is 1. The fourth-order valence-electron chi connectivity index (χ4n) is 1.22. The Morgan fingerprint density at radius 2 is 2.07 bits per heavy atom. The maximum Gasteiger partial charge on any atom is 0.167 e. The molecule has 0 amide bonds. The Balaban J connectivity index is 3.05. The third kappa shape index (κ3) is 2.39. The van der Waals surface area contributed by atoms with Gasteiger partial charge in [-0.05, 0) is 19.9 Å². The van der Waals surface area contributed by atoms with E-state index in [9.17, 15) is 0 Å². The lowest BCUT2D eigenvalue weighted by Crippen LogP contribution is -2.08. The Hall–Kier alpha value is -1.22. The van der Waals surface area contributed by atoms with E-state index in [0.717, 1.165) is 5.56 Å². The van der Waals surface area contributed by atoms with Gasteiger partial charge in [0.15, 0.2) is 11.5 Å². The van der Waals surface area contributed by atoms with E-state index in [1.165, 1.54) is 0 Å². The van der Waals surface area contributed by atoms with Crippen LogP contribution in [-0.2, 0) is 6.61 Å². The quantitative estimate of drug-likeness (QED) is 0.800. The molecule has 0 fully saturated rings. The summed E-state index contributed by atoms with van der Waals surface area (Å²) in [7, 11) is 1.59. The summed E-state index contributed by atoms with van der Waals surface area (Å²) in [5.74, 6) is 1.29. The fraction of sp³-hybridized carbons (Fsp3) is 0.455. The molecule has 14 heavy (non-hydrogen) atoms. The molecule has 1 N–H and O–H groups in total. The number of aliphatic hydroxyl groups excluding tert-OH is 1. The van der Waals surface area contributed by atoms with Gasteiger partial charge in [0.25, 0.3) is 0 Å². The molecular weight excluding hydrogens is 180 g/mol. The van der Waals surface area contributed by atoms with Gasteiger partial charge in [0.05, 0.1) is 19.8 Å². The van der Waals surface area contributed by atoms with Gasteiger partial charge in [0, 0.05) is 5.56 Å². The summed E-state index contributed by atoms with van der Waals surface area (Å²) in [5, 5.41) is 9.12. The molecule has 1 aromatic rings. The molecule has 0 aliphatic heterocycles. The van der Waals surface area contributed by atoms with E-state index in [1.54, 1.807) is 7.11 Å². The van der Waals surface area contributed by atoms with Gasteiger partial charge in [-0.2, -0.15) is 0 Å². The average molecular weight is 196 g/mol. The summed E-state index contributed by atoms with van der Waals surface area (Å²) in [6, 6.07) is 5.47. The summed E-state index contributed by atoms with van der Waals surface area (Å²) < 4.78 is 10.7. The van der Waals surface area contributed by atoms with Gasteiger partial charge in [-0.25, -0.2) is 0 Å². The molecule has 0 radical (unpaired) electrons. The van der Waals surface area contributed by atoms with Crippen LogP contribution in [0.4, 0.5) is 0 Å². The van der Waals surface area contributed by atoms with Gasteiger partial charge >= 0.3 is 0 Å². The predicted octanol–water partition coefficient (Wildman–Crippen LogP) is 1.97. The second-order valence-electron chi connectivity index (χ2n) is 3.27. The second-order valence-corrected chi connectivity index (χ2v) is 3.27. The molecule has 0 aliphatic rings. The van der Waals surface area contributed by atoms with E-state index >= 15 is 0 Å². The van der Waals surface area contributed by atoms with Crippen LogP contribution in [0.15, 0.2) is 18.2 Å². The van der Waals surface area contributed by atoms with Crippen LogP contribution < -0.4 is 9.47 Å². The highest BCUT2D eigenvalue weighted by Gasteiger charge is 2.10. The first-order valence-electron chi connectivity index (χ1n) is 4.62. The Labute approximate surface area is 84.3 Å². The molecule has 0 spiro atoms. The van der Waals surface area contributed by atoms with E-state index in [2.05, 4.69) is 0 Å². The van der Waals surface area contributed by atoms with Crippen molar-refractivity contribution in [3.05, 3.63) is 23.8 Å². The zero-order valence-corrected chi connectivity index (χ0v) is 8.78. The van der Waals surface area contributed by atoms with Crippen molar-refractivity contribution in [2.24, 2.45) is 0 Å². The number of rotatable bonds is 4. The monoisotopic (exact) mass is 196 g/mol. The molecule has 3 nitrogen and oxygen atoms in total. The topological polar surface area (TPSA) is 38.7 Å². The summed E-state index contributed by atoms with van der Waals surface area (Å²) >= 11 is 0. The summed E-state index contributed by atoms with van der Waals surface area (Å²) in [6.45, 7) is 3.83. The molecule has 0 saturated heterocycles. The lowest BCUT2D eigenvalue weighted by atomic mass is 10.2. The standard InChI is InChI=1S/C11H16O3/c1-8(2)14-11-9(7-12)5-4-6-10(11)13-3/h4-6,8,12H,7H2,1-3H3. The Kier molecular flexibility index (Phi) is 3.77. The van der Waals surface area contributed by atoms with Crippen LogP contribution in [0.25, 0.3) is 0 Å².